The third-order valence-electron chi connectivity index (χ3n) is 3.68. The highest BCUT2D eigenvalue weighted by molar-refractivity contribution is 5.90. The Bertz CT molecular complexity index is 315. The average Bonchev–Trinajstić information content (AvgIpc) is 2.21. The first-order chi connectivity index (χ1) is 7.74. The van der Waals surface area contributed by atoms with Crippen molar-refractivity contribution in [2.24, 2.45) is 23.3 Å². The Morgan fingerprint density at radius 3 is 2.35 bits per heavy atom. The molecule has 0 radical (unpaired) electrons. The molecule has 0 aliphatic heterocycles. The molecule has 0 aromatic carbocycles. The molecule has 0 bridgehead atoms. The summed E-state index contributed by atoms with van der Waals surface area (Å²) in [7, 11) is 0. The smallest absolute Gasteiger partial charge is 0.242 e. The molecule has 1 saturated carbocycles. The van der Waals surface area contributed by atoms with Crippen molar-refractivity contribution < 1.29 is 9.59 Å². The maximum atomic E-state index is 12.0. The van der Waals surface area contributed by atoms with E-state index in [1.807, 2.05) is 0 Å². The Labute approximate surface area is 102 Å². The average molecular weight is 241 g/mol. The van der Waals surface area contributed by atoms with E-state index in [1.54, 1.807) is 13.8 Å². The zero-order valence-electron chi connectivity index (χ0n) is 10.8. The van der Waals surface area contributed by atoms with Crippen LogP contribution in [0.2, 0.25) is 0 Å². The normalized spacial score (nSPS) is 29.8. The Kier molecular flexibility index (Phi) is 4.14. The highest BCUT2D eigenvalue weighted by Gasteiger charge is 2.34. The Morgan fingerprint density at radius 1 is 1.29 bits per heavy atom. The van der Waals surface area contributed by atoms with Gasteiger partial charge in [0.1, 0.15) is 5.54 Å². The van der Waals surface area contributed by atoms with Gasteiger partial charge in [-0.1, -0.05) is 6.92 Å². The third-order valence-corrected chi connectivity index (χ3v) is 3.68. The van der Waals surface area contributed by atoms with Crippen molar-refractivity contribution in [1.29, 1.82) is 0 Å². The fraction of sp³-hybridized carbons (Fsp3) is 0.833. The van der Waals surface area contributed by atoms with Gasteiger partial charge in [0.2, 0.25) is 11.8 Å². The summed E-state index contributed by atoms with van der Waals surface area (Å²) in [5, 5.41) is 2.69. The fourth-order valence-electron chi connectivity index (χ4n) is 2.07. The van der Waals surface area contributed by atoms with Crippen molar-refractivity contribution in [3.05, 3.63) is 0 Å². The lowest BCUT2D eigenvalue weighted by atomic mass is 9.79. The summed E-state index contributed by atoms with van der Waals surface area (Å²) in [5.74, 6) is -0.279. The predicted octanol–water partition coefficient (Wildman–Crippen LogP) is 0.130. The SMILES string of the molecule is CC1CCC(C(=O)NC(C)(C)C(N)=O)CC1N. The molecule has 3 unspecified atom stereocenters. The topological polar surface area (TPSA) is 98.2 Å². The van der Waals surface area contributed by atoms with Crippen molar-refractivity contribution in [2.75, 3.05) is 0 Å². The van der Waals surface area contributed by atoms with Gasteiger partial charge in [0.25, 0.3) is 0 Å². The maximum absolute atomic E-state index is 12.0. The van der Waals surface area contributed by atoms with Crippen molar-refractivity contribution in [3.8, 4) is 0 Å². The number of nitrogens with one attached hydrogen (secondary N) is 1. The predicted molar refractivity (Wildman–Crippen MR) is 65.9 cm³/mol. The minimum atomic E-state index is -0.996. The van der Waals surface area contributed by atoms with Crippen LogP contribution in [-0.4, -0.2) is 23.4 Å². The van der Waals surface area contributed by atoms with Gasteiger partial charge in [0.15, 0.2) is 0 Å². The number of hydrogen-bond donors (Lipinski definition) is 3. The van der Waals surface area contributed by atoms with Gasteiger partial charge in [0.05, 0.1) is 0 Å². The molecule has 98 valence electrons. The third kappa shape index (κ3) is 3.43. The quantitative estimate of drug-likeness (QED) is 0.655. The van der Waals surface area contributed by atoms with Crippen molar-refractivity contribution in [3.63, 3.8) is 0 Å². The molecule has 2 amide bonds. The molecule has 1 rings (SSSR count). The lowest BCUT2D eigenvalue weighted by molar-refractivity contribution is -0.133. The van der Waals surface area contributed by atoms with Gasteiger partial charge >= 0.3 is 0 Å². The van der Waals surface area contributed by atoms with Gasteiger partial charge in [0, 0.05) is 12.0 Å². The summed E-state index contributed by atoms with van der Waals surface area (Å²) >= 11 is 0. The zero-order valence-corrected chi connectivity index (χ0v) is 10.8. The van der Waals surface area contributed by atoms with Gasteiger partial charge in [-0.2, -0.15) is 0 Å². The first-order valence-electron chi connectivity index (χ1n) is 6.11. The fourth-order valence-corrected chi connectivity index (χ4v) is 2.07. The number of primary amides is 1. The number of carbonyl (C=O) groups is 2. The van der Waals surface area contributed by atoms with E-state index in [0.29, 0.717) is 12.3 Å². The van der Waals surface area contributed by atoms with Crippen LogP contribution in [0.25, 0.3) is 0 Å². The Hall–Kier alpha value is -1.10. The summed E-state index contributed by atoms with van der Waals surface area (Å²) < 4.78 is 0. The van der Waals surface area contributed by atoms with E-state index in [9.17, 15) is 9.59 Å². The Balaban J connectivity index is 2.57. The first-order valence-corrected chi connectivity index (χ1v) is 6.11. The molecule has 0 saturated heterocycles. The van der Waals surface area contributed by atoms with E-state index in [1.165, 1.54) is 0 Å². The second-order valence-electron chi connectivity index (χ2n) is 5.63. The number of carbonyl (C=O) groups excluding carboxylic acids is 2. The molecule has 5 nitrogen and oxygen atoms in total. The van der Waals surface area contributed by atoms with E-state index in [4.69, 9.17) is 11.5 Å². The molecule has 0 aromatic heterocycles. The highest BCUT2D eigenvalue weighted by atomic mass is 16.2. The molecule has 0 aromatic rings. The second kappa shape index (κ2) is 5.04. The molecule has 3 atom stereocenters. The summed E-state index contributed by atoms with van der Waals surface area (Å²) in [6, 6.07) is 0.0659. The summed E-state index contributed by atoms with van der Waals surface area (Å²) in [6.07, 6.45) is 2.47. The molecule has 1 aliphatic carbocycles. The van der Waals surface area contributed by atoms with Crippen LogP contribution in [0.1, 0.15) is 40.0 Å². The van der Waals surface area contributed by atoms with Gasteiger partial charge in [-0.25, -0.2) is 0 Å². The van der Waals surface area contributed by atoms with Crippen LogP contribution in [0.5, 0.6) is 0 Å². The molecule has 5 heteroatoms. The summed E-state index contributed by atoms with van der Waals surface area (Å²) in [6.45, 7) is 5.32. The van der Waals surface area contributed by atoms with E-state index >= 15 is 0 Å². The first kappa shape index (κ1) is 14.0. The van der Waals surface area contributed by atoms with Crippen LogP contribution in [0.15, 0.2) is 0 Å². The minimum Gasteiger partial charge on any atom is -0.368 e. The van der Waals surface area contributed by atoms with Crippen molar-refractivity contribution >= 4 is 11.8 Å². The number of hydrogen-bond acceptors (Lipinski definition) is 3. The largest absolute Gasteiger partial charge is 0.368 e. The summed E-state index contributed by atoms with van der Waals surface area (Å²) in [5.41, 5.74) is 10.2. The lowest BCUT2D eigenvalue weighted by Crippen LogP contribution is -2.55. The monoisotopic (exact) mass is 241 g/mol. The van der Waals surface area contributed by atoms with Crippen molar-refractivity contribution in [2.45, 2.75) is 51.6 Å². The number of rotatable bonds is 3. The highest BCUT2D eigenvalue weighted by Crippen LogP contribution is 2.28. The van der Waals surface area contributed by atoms with Crippen LogP contribution in [0.3, 0.4) is 0 Å². The lowest BCUT2D eigenvalue weighted by Gasteiger charge is -2.33. The van der Waals surface area contributed by atoms with Crippen LogP contribution < -0.4 is 16.8 Å². The molecular formula is C12H23N3O2. The summed E-state index contributed by atoms with van der Waals surface area (Å²) in [4.78, 5) is 23.1. The molecule has 0 heterocycles. The van der Waals surface area contributed by atoms with Crippen LogP contribution >= 0.6 is 0 Å². The number of amides is 2. The van der Waals surface area contributed by atoms with E-state index < -0.39 is 11.4 Å². The van der Waals surface area contributed by atoms with Crippen LogP contribution in [0, 0.1) is 11.8 Å². The van der Waals surface area contributed by atoms with Gasteiger partial charge in [-0.3, -0.25) is 9.59 Å². The molecule has 0 spiro atoms. The van der Waals surface area contributed by atoms with Crippen LogP contribution in [-0.2, 0) is 9.59 Å². The molecular weight excluding hydrogens is 218 g/mol. The molecule has 1 aliphatic rings. The van der Waals surface area contributed by atoms with Gasteiger partial charge in [-0.15, -0.1) is 0 Å². The van der Waals surface area contributed by atoms with Crippen LogP contribution in [0.4, 0.5) is 0 Å². The van der Waals surface area contributed by atoms with E-state index in [2.05, 4.69) is 12.2 Å². The van der Waals surface area contributed by atoms with E-state index in [0.717, 1.165) is 12.8 Å². The second-order valence-corrected chi connectivity index (χ2v) is 5.63. The molecule has 17 heavy (non-hydrogen) atoms. The number of nitrogens with two attached hydrogens (primary N) is 2. The van der Waals surface area contributed by atoms with E-state index in [-0.39, 0.29) is 17.9 Å². The molecule has 5 N–H and O–H groups in total. The van der Waals surface area contributed by atoms with Gasteiger partial charge < -0.3 is 16.8 Å². The maximum Gasteiger partial charge on any atom is 0.242 e. The molecule has 1 fully saturated rings. The minimum absolute atomic E-state index is 0.0659. The standard InChI is InChI=1S/C12H23N3O2/c1-7-4-5-8(6-9(7)13)10(16)15-12(2,3)11(14)17/h7-9H,4-6,13H2,1-3H3,(H2,14,17)(H,15,16). The van der Waals surface area contributed by atoms with Crippen molar-refractivity contribution in [1.82, 2.24) is 5.32 Å². The zero-order chi connectivity index (χ0) is 13.2. The van der Waals surface area contributed by atoms with Gasteiger partial charge in [-0.05, 0) is 39.0 Å². The Morgan fingerprint density at radius 2 is 1.88 bits per heavy atom.